The fraction of sp³-hybridized carbons (Fsp3) is 0.0500. The van der Waals surface area contributed by atoms with E-state index in [4.69, 9.17) is 0 Å². The first-order valence-electron chi connectivity index (χ1n) is 8.20. The van der Waals surface area contributed by atoms with Crippen molar-refractivity contribution in [2.45, 2.75) is 11.8 Å². The van der Waals surface area contributed by atoms with E-state index in [9.17, 15) is 13.2 Å². The lowest BCUT2D eigenvalue weighted by Crippen LogP contribution is -2.15. The number of carbonyl (C=O) groups is 1. The Bertz CT molecular complexity index is 1130. The third kappa shape index (κ3) is 5.01. The number of halogens is 2. The number of amides is 1. The van der Waals surface area contributed by atoms with Crippen molar-refractivity contribution in [1.82, 2.24) is 0 Å². The van der Waals surface area contributed by atoms with Gasteiger partial charge in [0.1, 0.15) is 0 Å². The molecule has 0 atom stereocenters. The van der Waals surface area contributed by atoms with E-state index in [1.54, 1.807) is 36.4 Å². The monoisotopic (exact) mass is 522 g/mol. The van der Waals surface area contributed by atoms with Crippen molar-refractivity contribution in [1.29, 1.82) is 0 Å². The maximum atomic E-state index is 12.6. The predicted molar refractivity (Wildman–Crippen MR) is 118 cm³/mol. The molecule has 0 saturated heterocycles. The molecule has 28 heavy (non-hydrogen) atoms. The minimum atomic E-state index is -3.75. The SMILES string of the molecule is Cc1ccc(NC(=O)c2cccc(NS(=O)(=O)c3ccc(Br)cc3)c2)c(Br)c1. The van der Waals surface area contributed by atoms with Gasteiger partial charge in [0.05, 0.1) is 10.6 Å². The van der Waals surface area contributed by atoms with Gasteiger partial charge in [-0.25, -0.2) is 8.42 Å². The molecule has 3 aromatic carbocycles. The molecule has 3 aromatic rings. The molecular formula is C20H16Br2N2O3S. The van der Waals surface area contributed by atoms with Crippen LogP contribution >= 0.6 is 31.9 Å². The Balaban J connectivity index is 1.79. The molecule has 0 bridgehead atoms. The van der Waals surface area contributed by atoms with Gasteiger partial charge in [0, 0.05) is 20.2 Å². The van der Waals surface area contributed by atoms with Crippen molar-refractivity contribution in [3.8, 4) is 0 Å². The van der Waals surface area contributed by atoms with Gasteiger partial charge in [-0.15, -0.1) is 0 Å². The highest BCUT2D eigenvalue weighted by Gasteiger charge is 2.15. The first kappa shape index (κ1) is 20.6. The highest BCUT2D eigenvalue weighted by Crippen LogP contribution is 2.25. The number of hydrogen-bond donors (Lipinski definition) is 2. The maximum absolute atomic E-state index is 12.6. The zero-order chi connectivity index (χ0) is 20.3. The first-order chi connectivity index (χ1) is 13.2. The van der Waals surface area contributed by atoms with Crippen LogP contribution in [0.2, 0.25) is 0 Å². The van der Waals surface area contributed by atoms with Crippen LogP contribution in [0.1, 0.15) is 15.9 Å². The van der Waals surface area contributed by atoms with Crippen LogP contribution in [0.4, 0.5) is 11.4 Å². The van der Waals surface area contributed by atoms with Crippen molar-refractivity contribution >= 4 is 59.2 Å². The number of hydrogen-bond acceptors (Lipinski definition) is 3. The summed E-state index contributed by atoms with van der Waals surface area (Å²) in [6.45, 7) is 1.96. The zero-order valence-electron chi connectivity index (χ0n) is 14.7. The molecule has 0 radical (unpaired) electrons. The van der Waals surface area contributed by atoms with Crippen LogP contribution in [0.25, 0.3) is 0 Å². The van der Waals surface area contributed by atoms with Gasteiger partial charge < -0.3 is 5.32 Å². The van der Waals surface area contributed by atoms with Crippen molar-refractivity contribution in [3.05, 3.63) is 86.8 Å². The summed E-state index contributed by atoms with van der Waals surface area (Å²) < 4.78 is 29.1. The molecule has 0 aliphatic heterocycles. The van der Waals surface area contributed by atoms with E-state index < -0.39 is 10.0 Å². The standard InChI is InChI=1S/C20H16Br2N2O3S/c1-13-5-10-19(18(22)11-13)23-20(25)14-3-2-4-16(12-14)24-28(26,27)17-8-6-15(21)7-9-17/h2-12,24H,1H3,(H,23,25). The fourth-order valence-electron chi connectivity index (χ4n) is 2.47. The topological polar surface area (TPSA) is 75.3 Å². The maximum Gasteiger partial charge on any atom is 0.261 e. The van der Waals surface area contributed by atoms with Gasteiger partial charge in [-0.3, -0.25) is 9.52 Å². The molecule has 3 rings (SSSR count). The number of nitrogens with one attached hydrogen (secondary N) is 2. The highest BCUT2D eigenvalue weighted by molar-refractivity contribution is 9.10. The fourth-order valence-corrected chi connectivity index (χ4v) is 4.37. The molecule has 0 aromatic heterocycles. The largest absolute Gasteiger partial charge is 0.321 e. The number of benzene rings is 3. The molecule has 5 nitrogen and oxygen atoms in total. The second-order valence-electron chi connectivity index (χ2n) is 6.08. The van der Waals surface area contributed by atoms with Gasteiger partial charge in [-0.1, -0.05) is 28.1 Å². The minimum Gasteiger partial charge on any atom is -0.321 e. The molecule has 0 aliphatic carbocycles. The Morgan fingerprint density at radius 2 is 1.64 bits per heavy atom. The highest BCUT2D eigenvalue weighted by atomic mass is 79.9. The van der Waals surface area contributed by atoms with E-state index in [0.29, 0.717) is 16.9 Å². The average molecular weight is 524 g/mol. The summed E-state index contributed by atoms with van der Waals surface area (Å²) in [4.78, 5) is 12.7. The lowest BCUT2D eigenvalue weighted by Gasteiger charge is -2.11. The molecule has 0 spiro atoms. The Morgan fingerprint density at radius 1 is 0.929 bits per heavy atom. The summed E-state index contributed by atoms with van der Waals surface area (Å²) in [7, 11) is -3.75. The van der Waals surface area contributed by atoms with E-state index in [0.717, 1.165) is 14.5 Å². The van der Waals surface area contributed by atoms with Crippen LogP contribution < -0.4 is 10.0 Å². The van der Waals surface area contributed by atoms with Crippen molar-refractivity contribution in [2.24, 2.45) is 0 Å². The van der Waals surface area contributed by atoms with Crippen LogP contribution in [0.5, 0.6) is 0 Å². The first-order valence-corrected chi connectivity index (χ1v) is 11.3. The van der Waals surface area contributed by atoms with Crippen molar-refractivity contribution in [3.63, 3.8) is 0 Å². The normalized spacial score (nSPS) is 11.1. The van der Waals surface area contributed by atoms with Crippen LogP contribution in [-0.4, -0.2) is 14.3 Å². The minimum absolute atomic E-state index is 0.133. The van der Waals surface area contributed by atoms with Crippen LogP contribution in [0.15, 0.2) is 80.6 Å². The third-order valence-corrected chi connectivity index (χ3v) is 6.46. The van der Waals surface area contributed by atoms with Crippen LogP contribution in [0.3, 0.4) is 0 Å². The lowest BCUT2D eigenvalue weighted by atomic mass is 10.1. The molecule has 0 heterocycles. The molecule has 1 amide bonds. The van der Waals surface area contributed by atoms with Crippen LogP contribution in [-0.2, 0) is 10.0 Å². The molecule has 144 valence electrons. The number of rotatable bonds is 5. The van der Waals surface area contributed by atoms with Gasteiger partial charge in [0.15, 0.2) is 0 Å². The second-order valence-corrected chi connectivity index (χ2v) is 9.53. The molecule has 0 saturated carbocycles. The quantitative estimate of drug-likeness (QED) is 0.458. The van der Waals surface area contributed by atoms with Crippen molar-refractivity contribution in [2.75, 3.05) is 10.0 Å². The average Bonchev–Trinajstić information content (AvgIpc) is 2.64. The summed E-state index contributed by atoms with van der Waals surface area (Å²) in [5.74, 6) is -0.339. The Kier molecular flexibility index (Phi) is 6.22. The zero-order valence-corrected chi connectivity index (χ0v) is 18.7. The number of carbonyl (C=O) groups excluding carboxylic acids is 1. The molecular weight excluding hydrogens is 508 g/mol. The Hall–Kier alpha value is -2.16. The molecule has 2 N–H and O–H groups in total. The van der Waals surface area contributed by atoms with Crippen LogP contribution in [0, 0.1) is 6.92 Å². The van der Waals surface area contributed by atoms with E-state index in [1.807, 2.05) is 19.1 Å². The van der Waals surface area contributed by atoms with Gasteiger partial charge in [0.2, 0.25) is 0 Å². The second kappa shape index (κ2) is 8.46. The predicted octanol–water partition coefficient (Wildman–Crippen LogP) is 5.57. The summed E-state index contributed by atoms with van der Waals surface area (Å²) >= 11 is 6.70. The van der Waals surface area contributed by atoms with Gasteiger partial charge in [-0.2, -0.15) is 0 Å². The van der Waals surface area contributed by atoms with E-state index in [1.165, 1.54) is 18.2 Å². The molecule has 0 unspecified atom stereocenters. The Morgan fingerprint density at radius 3 is 2.32 bits per heavy atom. The number of anilines is 2. The number of aryl methyl sites for hydroxylation is 1. The molecule has 8 heteroatoms. The molecule has 0 fully saturated rings. The van der Waals surface area contributed by atoms with Gasteiger partial charge in [-0.05, 0) is 83.0 Å². The third-order valence-electron chi connectivity index (χ3n) is 3.87. The summed E-state index contributed by atoms with van der Waals surface area (Å²) in [6.07, 6.45) is 0. The summed E-state index contributed by atoms with van der Waals surface area (Å²) in [5, 5.41) is 2.81. The van der Waals surface area contributed by atoms with E-state index in [-0.39, 0.29) is 10.8 Å². The molecule has 0 aliphatic rings. The van der Waals surface area contributed by atoms with Crippen molar-refractivity contribution < 1.29 is 13.2 Å². The van der Waals surface area contributed by atoms with E-state index >= 15 is 0 Å². The summed E-state index contributed by atoms with van der Waals surface area (Å²) in [5.41, 5.74) is 2.34. The van der Waals surface area contributed by atoms with E-state index in [2.05, 4.69) is 41.9 Å². The van der Waals surface area contributed by atoms with Gasteiger partial charge in [0.25, 0.3) is 15.9 Å². The number of sulfonamides is 1. The summed E-state index contributed by atoms with van der Waals surface area (Å²) in [6, 6.07) is 18.2. The smallest absolute Gasteiger partial charge is 0.261 e. The lowest BCUT2D eigenvalue weighted by molar-refractivity contribution is 0.102. The Labute approximate surface area is 180 Å². The van der Waals surface area contributed by atoms with Gasteiger partial charge >= 0.3 is 0 Å².